The van der Waals surface area contributed by atoms with Gasteiger partial charge in [0, 0.05) is 15.8 Å². The summed E-state index contributed by atoms with van der Waals surface area (Å²) in [6.07, 6.45) is 2.51. The Balaban J connectivity index is 1.59. The molecule has 0 radical (unpaired) electrons. The molecule has 5 nitrogen and oxygen atoms in total. The Morgan fingerprint density at radius 2 is 1.89 bits per heavy atom. The maximum atomic E-state index is 13.8. The van der Waals surface area contributed by atoms with Crippen LogP contribution in [0.15, 0.2) is 48.5 Å². The van der Waals surface area contributed by atoms with Gasteiger partial charge < -0.3 is 10.1 Å². The maximum Gasteiger partial charge on any atom is 0.341 e. The number of fused-ring (bicyclic) bond motifs is 2. The Morgan fingerprint density at radius 1 is 1.11 bits per heavy atom. The first-order valence-corrected chi connectivity index (χ1v) is 13.7. The number of nitrogens with one attached hydrogen (secondary N) is 1. The van der Waals surface area contributed by atoms with Crippen molar-refractivity contribution in [3.63, 3.8) is 0 Å². The average Bonchev–Trinajstić information content (AvgIpc) is 3.19. The van der Waals surface area contributed by atoms with Crippen molar-refractivity contribution in [2.24, 2.45) is 5.92 Å². The van der Waals surface area contributed by atoms with E-state index in [0.717, 1.165) is 52.5 Å². The van der Waals surface area contributed by atoms with Crippen molar-refractivity contribution < 1.29 is 14.3 Å². The molecule has 6 heteroatoms. The van der Waals surface area contributed by atoms with E-state index in [1.54, 1.807) is 0 Å². The zero-order valence-corrected chi connectivity index (χ0v) is 22.8. The van der Waals surface area contributed by atoms with Crippen LogP contribution < -0.4 is 5.32 Å². The molecule has 1 N–H and O–H groups in total. The fourth-order valence-electron chi connectivity index (χ4n) is 5.10. The van der Waals surface area contributed by atoms with Crippen LogP contribution in [-0.2, 0) is 17.6 Å². The van der Waals surface area contributed by atoms with Gasteiger partial charge in [-0.25, -0.2) is 9.78 Å². The SMILES string of the molecule is Cc1ccc(-c2cc(C(=O)Nc3sc4c(c3C(=O)OC(C)C)CC[C@H](C)C4)c3ccccc3n2)c(C)c1. The maximum absolute atomic E-state index is 13.8. The average molecular weight is 513 g/mol. The van der Waals surface area contributed by atoms with Crippen molar-refractivity contribution in [1.82, 2.24) is 4.98 Å². The van der Waals surface area contributed by atoms with Crippen LogP contribution >= 0.6 is 11.3 Å². The van der Waals surface area contributed by atoms with Gasteiger partial charge in [0.1, 0.15) is 5.00 Å². The number of nitrogens with zero attached hydrogens (tertiary/aromatic N) is 1. The molecule has 0 spiro atoms. The number of hydrogen-bond acceptors (Lipinski definition) is 5. The Bertz CT molecular complexity index is 1520. The first-order valence-electron chi connectivity index (χ1n) is 12.9. The zero-order chi connectivity index (χ0) is 26.3. The lowest BCUT2D eigenvalue weighted by atomic mass is 9.88. The Labute approximate surface area is 221 Å². The van der Waals surface area contributed by atoms with Crippen LogP contribution in [0.25, 0.3) is 22.2 Å². The lowest BCUT2D eigenvalue weighted by Crippen LogP contribution is -2.19. The molecule has 2 aromatic carbocycles. The van der Waals surface area contributed by atoms with Crippen LogP contribution in [0.4, 0.5) is 5.00 Å². The van der Waals surface area contributed by atoms with Gasteiger partial charge in [-0.05, 0) is 76.1 Å². The Morgan fingerprint density at radius 3 is 2.65 bits per heavy atom. The molecule has 190 valence electrons. The Kier molecular flexibility index (Phi) is 6.86. The van der Waals surface area contributed by atoms with Crippen LogP contribution in [0.3, 0.4) is 0 Å². The van der Waals surface area contributed by atoms with Gasteiger partial charge >= 0.3 is 5.97 Å². The summed E-state index contributed by atoms with van der Waals surface area (Å²) in [5.41, 5.74) is 6.85. The number of para-hydroxylation sites is 1. The molecule has 37 heavy (non-hydrogen) atoms. The second kappa shape index (κ2) is 10.1. The molecule has 5 rings (SSSR count). The predicted molar refractivity (Wildman–Crippen MR) is 151 cm³/mol. The van der Waals surface area contributed by atoms with E-state index in [9.17, 15) is 9.59 Å². The molecule has 0 fully saturated rings. The van der Waals surface area contributed by atoms with E-state index in [2.05, 4.69) is 44.3 Å². The van der Waals surface area contributed by atoms with Crippen LogP contribution in [0.5, 0.6) is 0 Å². The third-order valence-electron chi connectivity index (χ3n) is 6.90. The molecule has 4 aromatic rings. The minimum Gasteiger partial charge on any atom is -0.459 e. The third-order valence-corrected chi connectivity index (χ3v) is 8.07. The molecule has 0 saturated heterocycles. The molecule has 2 aromatic heterocycles. The minimum atomic E-state index is -0.368. The molecule has 1 atom stereocenters. The van der Waals surface area contributed by atoms with Crippen molar-refractivity contribution in [2.75, 3.05) is 5.32 Å². The van der Waals surface area contributed by atoms with Gasteiger partial charge in [-0.3, -0.25) is 4.79 Å². The summed E-state index contributed by atoms with van der Waals surface area (Å²) >= 11 is 1.51. The van der Waals surface area contributed by atoms with Gasteiger partial charge in [0.05, 0.1) is 28.4 Å². The number of ether oxygens (including phenoxy) is 1. The second-order valence-corrected chi connectivity index (χ2v) is 11.5. The lowest BCUT2D eigenvalue weighted by molar-refractivity contribution is 0.0378. The number of esters is 1. The van der Waals surface area contributed by atoms with Crippen molar-refractivity contribution in [2.45, 2.75) is 60.0 Å². The van der Waals surface area contributed by atoms with E-state index < -0.39 is 0 Å². The van der Waals surface area contributed by atoms with Crippen molar-refractivity contribution in [3.05, 3.63) is 81.2 Å². The van der Waals surface area contributed by atoms with Crippen molar-refractivity contribution >= 4 is 39.1 Å². The smallest absolute Gasteiger partial charge is 0.341 e. The summed E-state index contributed by atoms with van der Waals surface area (Å²) in [5.74, 6) is -0.0733. The van der Waals surface area contributed by atoms with Crippen LogP contribution in [-0.4, -0.2) is 23.0 Å². The number of anilines is 1. The number of carbonyl (C=O) groups is 2. The van der Waals surface area contributed by atoms with E-state index in [1.165, 1.54) is 21.8 Å². The minimum absolute atomic E-state index is 0.237. The first-order chi connectivity index (χ1) is 17.7. The molecule has 0 aliphatic heterocycles. The van der Waals surface area contributed by atoms with Gasteiger partial charge in [-0.2, -0.15) is 0 Å². The van der Waals surface area contributed by atoms with E-state index in [1.807, 2.05) is 44.2 Å². The summed E-state index contributed by atoms with van der Waals surface area (Å²) in [4.78, 5) is 33.0. The quantitative estimate of drug-likeness (QED) is 0.281. The molecule has 1 aliphatic rings. The van der Waals surface area contributed by atoms with E-state index in [-0.39, 0.29) is 18.0 Å². The number of aryl methyl sites for hydroxylation is 2. The predicted octanol–water partition coefficient (Wildman–Crippen LogP) is 7.52. The lowest BCUT2D eigenvalue weighted by Gasteiger charge is -2.19. The van der Waals surface area contributed by atoms with Gasteiger partial charge in [0.25, 0.3) is 5.91 Å². The normalized spacial score (nSPS) is 15.0. The van der Waals surface area contributed by atoms with Gasteiger partial charge in [-0.15, -0.1) is 11.3 Å². The summed E-state index contributed by atoms with van der Waals surface area (Å²) in [6, 6.07) is 15.8. The largest absolute Gasteiger partial charge is 0.459 e. The van der Waals surface area contributed by atoms with Crippen molar-refractivity contribution in [3.8, 4) is 11.3 Å². The van der Waals surface area contributed by atoms with Gasteiger partial charge in [-0.1, -0.05) is 48.9 Å². The molecule has 0 unspecified atom stereocenters. The molecule has 2 heterocycles. The Hall–Kier alpha value is -3.51. The second-order valence-electron chi connectivity index (χ2n) is 10.4. The summed E-state index contributed by atoms with van der Waals surface area (Å²) in [7, 11) is 0. The highest BCUT2D eigenvalue weighted by molar-refractivity contribution is 7.17. The molecule has 0 saturated carbocycles. The van der Waals surface area contributed by atoms with Crippen LogP contribution in [0.1, 0.15) is 69.5 Å². The molecule has 1 aliphatic carbocycles. The molecule has 0 bridgehead atoms. The third kappa shape index (κ3) is 5.03. The number of benzene rings is 2. The first kappa shape index (κ1) is 25.2. The highest BCUT2D eigenvalue weighted by atomic mass is 32.1. The monoisotopic (exact) mass is 512 g/mol. The fourth-order valence-corrected chi connectivity index (χ4v) is 6.49. The number of hydrogen-bond donors (Lipinski definition) is 1. The highest BCUT2D eigenvalue weighted by Crippen LogP contribution is 2.40. The van der Waals surface area contributed by atoms with Crippen molar-refractivity contribution in [1.29, 1.82) is 0 Å². The van der Waals surface area contributed by atoms with E-state index in [4.69, 9.17) is 9.72 Å². The fraction of sp³-hybridized carbons (Fsp3) is 0.323. The number of carbonyl (C=O) groups excluding carboxylic acids is 2. The number of pyridine rings is 1. The number of rotatable bonds is 5. The van der Waals surface area contributed by atoms with E-state index in [0.29, 0.717) is 22.0 Å². The molecular formula is C31H32N2O3S. The summed E-state index contributed by atoms with van der Waals surface area (Å²) in [5, 5.41) is 4.44. The van der Waals surface area contributed by atoms with Crippen LogP contribution in [0, 0.1) is 19.8 Å². The zero-order valence-electron chi connectivity index (χ0n) is 22.0. The summed E-state index contributed by atoms with van der Waals surface area (Å²) < 4.78 is 5.59. The standard InChI is InChI=1S/C31H32N2O3S/c1-17(2)36-31(35)28-23-13-11-19(4)15-27(23)37-30(28)33-29(34)24-16-26(21-12-10-18(3)14-20(21)5)32-25-9-7-6-8-22(24)25/h6-10,12,14,16-17,19H,11,13,15H2,1-5H3,(H,33,34)/t19-/m0/s1. The number of thiophene rings is 1. The topological polar surface area (TPSA) is 68.3 Å². The summed E-state index contributed by atoms with van der Waals surface area (Å²) in [6.45, 7) is 10.0. The number of amides is 1. The molecule has 1 amide bonds. The van der Waals surface area contributed by atoms with E-state index >= 15 is 0 Å². The van der Waals surface area contributed by atoms with Gasteiger partial charge in [0.15, 0.2) is 0 Å². The van der Waals surface area contributed by atoms with Gasteiger partial charge in [0.2, 0.25) is 0 Å². The molecular weight excluding hydrogens is 480 g/mol. The van der Waals surface area contributed by atoms with Crippen LogP contribution in [0.2, 0.25) is 0 Å². The highest BCUT2D eigenvalue weighted by Gasteiger charge is 2.30. The number of aromatic nitrogens is 1.